The van der Waals surface area contributed by atoms with Crippen LogP contribution in [0.3, 0.4) is 0 Å². The lowest BCUT2D eigenvalue weighted by atomic mass is 10.1. The molecule has 1 aliphatic heterocycles. The highest BCUT2D eigenvalue weighted by Gasteiger charge is 2.30. The van der Waals surface area contributed by atoms with Crippen molar-refractivity contribution in [2.45, 2.75) is 26.1 Å². The monoisotopic (exact) mass is 444 g/mol. The molecule has 0 spiro atoms. The number of hydrogen-bond donors (Lipinski definition) is 1. The van der Waals surface area contributed by atoms with Gasteiger partial charge in [-0.1, -0.05) is 18.2 Å². The fourth-order valence-electron chi connectivity index (χ4n) is 3.24. The number of anilines is 1. The summed E-state index contributed by atoms with van der Waals surface area (Å²) in [6.45, 7) is 3.76. The number of Topliss-reactive ketones (excluding diaryl/α,β-unsaturated/α-hetero) is 1. The third-order valence-corrected chi connectivity index (χ3v) is 4.85. The molecule has 0 aliphatic carbocycles. The summed E-state index contributed by atoms with van der Waals surface area (Å²) >= 11 is 0. The van der Waals surface area contributed by atoms with Gasteiger partial charge in [0.1, 0.15) is 24.3 Å². The molecule has 3 rings (SSSR count). The van der Waals surface area contributed by atoms with Gasteiger partial charge in [-0.3, -0.25) is 14.9 Å². The van der Waals surface area contributed by atoms with Crippen molar-refractivity contribution in [2.75, 3.05) is 31.6 Å². The number of benzene rings is 2. The van der Waals surface area contributed by atoms with Gasteiger partial charge in [0, 0.05) is 12.2 Å². The Bertz CT molecular complexity index is 968. The molecule has 2 amide bonds. The lowest BCUT2D eigenvalue weighted by molar-refractivity contribution is -0.147. The van der Waals surface area contributed by atoms with Crippen LogP contribution >= 0.6 is 0 Å². The predicted octanol–water partition coefficient (Wildman–Crippen LogP) is 3.27. The maximum atomic E-state index is 13.4. The van der Waals surface area contributed by atoms with Crippen LogP contribution in [0.2, 0.25) is 0 Å². The van der Waals surface area contributed by atoms with Crippen LogP contribution in [0.25, 0.3) is 0 Å². The number of carbonyl (C=O) groups excluding carboxylic acids is 3. The van der Waals surface area contributed by atoms with E-state index in [1.807, 2.05) is 6.07 Å². The molecule has 1 unspecified atom stereocenters. The van der Waals surface area contributed by atoms with E-state index in [0.717, 1.165) is 6.07 Å². The van der Waals surface area contributed by atoms with Crippen LogP contribution in [0.5, 0.6) is 5.75 Å². The second-order valence-corrected chi connectivity index (χ2v) is 7.32. The quantitative estimate of drug-likeness (QED) is 0.659. The van der Waals surface area contributed by atoms with Gasteiger partial charge < -0.3 is 19.1 Å². The number of carbonyl (C=O) groups is 3. The lowest BCUT2D eigenvalue weighted by Gasteiger charge is -2.34. The summed E-state index contributed by atoms with van der Waals surface area (Å²) in [7, 11) is 0. The second kappa shape index (κ2) is 10.7. The summed E-state index contributed by atoms with van der Waals surface area (Å²) in [6.07, 6.45) is -2.17. The number of para-hydroxylation sites is 1. The van der Waals surface area contributed by atoms with Crippen LogP contribution in [0, 0.1) is 5.82 Å². The van der Waals surface area contributed by atoms with E-state index in [1.165, 1.54) is 30.9 Å². The Balaban J connectivity index is 1.52. The number of halogens is 1. The Hall–Kier alpha value is -3.46. The molecular formula is C23H25FN2O6. The zero-order valence-corrected chi connectivity index (χ0v) is 17.9. The van der Waals surface area contributed by atoms with E-state index in [1.54, 1.807) is 24.3 Å². The first-order chi connectivity index (χ1) is 15.3. The topological polar surface area (TPSA) is 94.2 Å². The molecule has 1 fully saturated rings. The fourth-order valence-corrected chi connectivity index (χ4v) is 3.24. The molecule has 2 atom stereocenters. The number of morpholine rings is 1. The molecule has 170 valence electrons. The van der Waals surface area contributed by atoms with Gasteiger partial charge in [0.25, 0.3) is 5.91 Å². The van der Waals surface area contributed by atoms with Crippen molar-refractivity contribution >= 4 is 23.5 Å². The maximum Gasteiger partial charge on any atom is 0.412 e. The average Bonchev–Trinajstić information content (AvgIpc) is 2.78. The van der Waals surface area contributed by atoms with E-state index in [0.29, 0.717) is 12.2 Å². The van der Waals surface area contributed by atoms with Gasteiger partial charge in [0.05, 0.1) is 18.7 Å². The smallest absolute Gasteiger partial charge is 0.412 e. The molecule has 32 heavy (non-hydrogen) atoms. The Labute approximate surface area is 185 Å². The van der Waals surface area contributed by atoms with Gasteiger partial charge in [0.15, 0.2) is 11.9 Å². The molecule has 1 N–H and O–H groups in total. The number of ketones is 1. The third kappa shape index (κ3) is 6.27. The van der Waals surface area contributed by atoms with E-state index in [2.05, 4.69) is 5.32 Å². The molecular weight excluding hydrogens is 419 g/mol. The lowest BCUT2D eigenvalue weighted by Crippen LogP contribution is -2.51. The molecule has 8 nitrogen and oxygen atoms in total. The number of nitrogens with zero attached hydrogens (tertiary/aromatic N) is 1. The van der Waals surface area contributed by atoms with Crippen molar-refractivity contribution in [1.29, 1.82) is 0 Å². The minimum absolute atomic E-state index is 0.0689. The Morgan fingerprint density at radius 2 is 1.97 bits per heavy atom. The largest absolute Gasteiger partial charge is 0.490 e. The average molecular weight is 444 g/mol. The van der Waals surface area contributed by atoms with Crippen molar-refractivity contribution in [3.63, 3.8) is 0 Å². The molecule has 1 heterocycles. The fraction of sp³-hybridized carbons (Fsp3) is 0.348. The third-order valence-electron chi connectivity index (χ3n) is 4.85. The second-order valence-electron chi connectivity index (χ2n) is 7.32. The van der Waals surface area contributed by atoms with Crippen LogP contribution in [0.1, 0.15) is 24.2 Å². The maximum absolute atomic E-state index is 13.4. The van der Waals surface area contributed by atoms with Gasteiger partial charge in [-0.05, 0) is 44.2 Å². The molecule has 0 radical (unpaired) electrons. The standard InChI is InChI=1S/C23H25FN2O6/c1-15(27)20-12-17(24)8-9-21(20)31-14-19-13-26(10-11-30-19)22(28)16(2)32-23(29)25-18-6-4-3-5-7-18/h3-9,12,16,19H,10-11,13-14H2,1-2H3,(H,25,29)/t16-,19?/m1/s1. The highest BCUT2D eigenvalue weighted by Crippen LogP contribution is 2.21. The van der Waals surface area contributed by atoms with Crippen LogP contribution < -0.4 is 10.1 Å². The SMILES string of the molecule is CC(=O)c1cc(F)ccc1OCC1CN(C(=O)[C@@H](C)OC(=O)Nc2ccccc2)CCO1. The molecule has 0 bridgehead atoms. The normalized spacial score (nSPS) is 16.7. The summed E-state index contributed by atoms with van der Waals surface area (Å²) in [4.78, 5) is 38.0. The molecule has 0 aromatic heterocycles. The van der Waals surface area contributed by atoms with Crippen LogP contribution in [-0.2, 0) is 14.3 Å². The minimum atomic E-state index is -0.986. The number of nitrogens with one attached hydrogen (secondary N) is 1. The zero-order valence-electron chi connectivity index (χ0n) is 17.9. The molecule has 1 saturated heterocycles. The van der Waals surface area contributed by atoms with Gasteiger partial charge in [0.2, 0.25) is 0 Å². The summed E-state index contributed by atoms with van der Waals surface area (Å²) in [5.41, 5.74) is 0.701. The first-order valence-electron chi connectivity index (χ1n) is 10.2. The van der Waals surface area contributed by atoms with Crippen molar-refractivity contribution in [2.24, 2.45) is 0 Å². The zero-order chi connectivity index (χ0) is 23.1. The van der Waals surface area contributed by atoms with Crippen LogP contribution in [-0.4, -0.2) is 61.2 Å². The minimum Gasteiger partial charge on any atom is -0.490 e. The summed E-state index contributed by atoms with van der Waals surface area (Å²) in [5, 5.41) is 2.57. The molecule has 0 saturated carbocycles. The van der Waals surface area contributed by atoms with Crippen molar-refractivity contribution in [3.05, 3.63) is 59.9 Å². The number of amides is 2. The van der Waals surface area contributed by atoms with Crippen molar-refractivity contribution in [3.8, 4) is 5.75 Å². The molecule has 1 aliphatic rings. The van der Waals surface area contributed by atoms with E-state index in [9.17, 15) is 18.8 Å². The van der Waals surface area contributed by atoms with Crippen molar-refractivity contribution < 1.29 is 33.0 Å². The van der Waals surface area contributed by atoms with Crippen LogP contribution in [0.4, 0.5) is 14.9 Å². The number of hydrogen-bond acceptors (Lipinski definition) is 6. The Morgan fingerprint density at radius 3 is 2.69 bits per heavy atom. The van der Waals surface area contributed by atoms with E-state index in [-0.39, 0.29) is 42.8 Å². The van der Waals surface area contributed by atoms with E-state index >= 15 is 0 Å². The first kappa shape index (κ1) is 23.2. The van der Waals surface area contributed by atoms with Gasteiger partial charge in [-0.2, -0.15) is 0 Å². The van der Waals surface area contributed by atoms with Gasteiger partial charge in [-0.25, -0.2) is 9.18 Å². The Morgan fingerprint density at radius 1 is 1.22 bits per heavy atom. The predicted molar refractivity (Wildman–Crippen MR) is 114 cm³/mol. The van der Waals surface area contributed by atoms with Gasteiger partial charge in [-0.15, -0.1) is 0 Å². The summed E-state index contributed by atoms with van der Waals surface area (Å²) in [5.74, 6) is -0.952. The van der Waals surface area contributed by atoms with Crippen LogP contribution in [0.15, 0.2) is 48.5 Å². The summed E-state index contributed by atoms with van der Waals surface area (Å²) < 4.78 is 29.9. The summed E-state index contributed by atoms with van der Waals surface area (Å²) in [6, 6.07) is 12.5. The molecule has 2 aromatic rings. The van der Waals surface area contributed by atoms with Crippen molar-refractivity contribution in [1.82, 2.24) is 4.90 Å². The first-order valence-corrected chi connectivity index (χ1v) is 10.2. The van der Waals surface area contributed by atoms with Gasteiger partial charge >= 0.3 is 6.09 Å². The molecule has 2 aromatic carbocycles. The van der Waals surface area contributed by atoms with E-state index in [4.69, 9.17) is 14.2 Å². The number of rotatable bonds is 7. The molecule has 9 heteroatoms. The van der Waals surface area contributed by atoms with E-state index < -0.39 is 24.1 Å². The highest BCUT2D eigenvalue weighted by molar-refractivity contribution is 5.96. The number of ether oxygens (including phenoxy) is 3. The highest BCUT2D eigenvalue weighted by atomic mass is 19.1. The Kier molecular flexibility index (Phi) is 7.77.